The highest BCUT2D eigenvalue weighted by molar-refractivity contribution is 5.78. The fourth-order valence-corrected chi connectivity index (χ4v) is 2.71. The Labute approximate surface area is 135 Å². The molecule has 0 atom stereocenters. The molecule has 0 radical (unpaired) electrons. The molecule has 0 aliphatic carbocycles. The molecule has 1 aliphatic heterocycles. The van der Waals surface area contributed by atoms with Crippen LogP contribution in [0.15, 0.2) is 12.1 Å². The molecule has 1 aromatic heterocycles. The van der Waals surface area contributed by atoms with E-state index in [1.54, 1.807) is 6.07 Å². The van der Waals surface area contributed by atoms with Crippen LogP contribution in [-0.2, 0) is 14.3 Å². The van der Waals surface area contributed by atoms with Crippen LogP contribution in [0, 0.1) is 5.92 Å². The Bertz CT molecular complexity index is 526. The number of nitrogen functional groups attached to an aromatic ring is 1. The van der Waals surface area contributed by atoms with Crippen LogP contribution < -0.4 is 16.4 Å². The maximum atomic E-state index is 11.4. The zero-order valence-corrected chi connectivity index (χ0v) is 13.1. The molecule has 0 spiro atoms. The van der Waals surface area contributed by atoms with Gasteiger partial charge in [0.15, 0.2) is 12.4 Å². The minimum atomic E-state index is -0.628. The largest absolute Gasteiger partial charge is 0.456 e. The second-order valence-corrected chi connectivity index (χ2v) is 5.77. The number of carbonyl (C=O) groups is 2. The zero-order valence-electron chi connectivity index (χ0n) is 13.1. The normalized spacial score (nSPS) is 15.4. The molecule has 8 nitrogen and oxygen atoms in total. The third-order valence-corrected chi connectivity index (χ3v) is 3.98. The van der Waals surface area contributed by atoms with Crippen molar-refractivity contribution in [2.45, 2.75) is 32.1 Å². The number of carbonyl (C=O) groups excluding carboxylic acids is 2. The number of hydrogen-bond donors (Lipinski definition) is 2. The van der Waals surface area contributed by atoms with Gasteiger partial charge >= 0.3 is 5.97 Å². The van der Waals surface area contributed by atoms with E-state index in [9.17, 15) is 9.59 Å². The number of esters is 1. The highest BCUT2D eigenvalue weighted by Crippen LogP contribution is 2.25. The summed E-state index contributed by atoms with van der Waals surface area (Å²) in [5.41, 5.74) is 10.5. The van der Waals surface area contributed by atoms with Crippen LogP contribution in [0.4, 0.5) is 11.6 Å². The first-order valence-electron chi connectivity index (χ1n) is 7.82. The quantitative estimate of drug-likeness (QED) is 0.699. The predicted molar refractivity (Wildman–Crippen MR) is 85.4 cm³/mol. The lowest BCUT2D eigenvalue weighted by Crippen LogP contribution is -2.34. The molecule has 1 amide bonds. The minimum absolute atomic E-state index is 0.330. The van der Waals surface area contributed by atoms with Gasteiger partial charge in [-0.3, -0.25) is 9.59 Å². The topological polar surface area (TPSA) is 124 Å². The van der Waals surface area contributed by atoms with E-state index in [1.807, 2.05) is 6.07 Å². The fraction of sp³-hybridized carbons (Fsp3) is 0.600. The van der Waals surface area contributed by atoms with Gasteiger partial charge in [-0.1, -0.05) is 0 Å². The van der Waals surface area contributed by atoms with Crippen molar-refractivity contribution in [1.82, 2.24) is 10.2 Å². The first kappa shape index (κ1) is 17.0. The summed E-state index contributed by atoms with van der Waals surface area (Å²) in [5, 5.41) is 7.97. The molecule has 0 bridgehead atoms. The van der Waals surface area contributed by atoms with Crippen LogP contribution in [0.3, 0.4) is 0 Å². The van der Waals surface area contributed by atoms with Crippen LogP contribution in [-0.4, -0.2) is 41.8 Å². The van der Waals surface area contributed by atoms with Gasteiger partial charge in [-0.05, 0) is 43.7 Å². The summed E-state index contributed by atoms with van der Waals surface area (Å²) in [5.74, 6) is 0.881. The number of amides is 1. The Kier molecular flexibility index (Phi) is 6.13. The number of primary amides is 1. The molecule has 126 valence electrons. The van der Waals surface area contributed by atoms with Crippen LogP contribution in [0.2, 0.25) is 0 Å². The lowest BCUT2D eigenvalue weighted by atomic mass is 9.91. The highest BCUT2D eigenvalue weighted by Gasteiger charge is 2.20. The number of piperidine rings is 1. The average molecular weight is 321 g/mol. The predicted octanol–water partition coefficient (Wildman–Crippen LogP) is 0.474. The number of rotatable bonds is 7. The van der Waals surface area contributed by atoms with E-state index >= 15 is 0 Å². The molecule has 1 saturated heterocycles. The van der Waals surface area contributed by atoms with Gasteiger partial charge in [0.1, 0.15) is 5.82 Å². The second kappa shape index (κ2) is 8.30. The van der Waals surface area contributed by atoms with Gasteiger partial charge in [0.2, 0.25) is 0 Å². The molecule has 0 saturated carbocycles. The molecule has 8 heteroatoms. The Hall–Kier alpha value is -2.38. The van der Waals surface area contributed by atoms with Crippen molar-refractivity contribution in [2.24, 2.45) is 11.7 Å². The number of nitrogens with zero attached hydrogens (tertiary/aromatic N) is 3. The lowest BCUT2D eigenvalue weighted by molar-refractivity contribution is -0.147. The second-order valence-electron chi connectivity index (χ2n) is 5.77. The average Bonchev–Trinajstić information content (AvgIpc) is 2.54. The van der Waals surface area contributed by atoms with E-state index in [2.05, 4.69) is 15.1 Å². The van der Waals surface area contributed by atoms with Crippen LogP contribution in [0.25, 0.3) is 0 Å². The molecule has 1 fully saturated rings. The van der Waals surface area contributed by atoms with E-state index in [4.69, 9.17) is 16.2 Å². The van der Waals surface area contributed by atoms with E-state index in [-0.39, 0.29) is 12.6 Å². The first-order chi connectivity index (χ1) is 11.0. The summed E-state index contributed by atoms with van der Waals surface area (Å²) < 4.78 is 4.73. The molecule has 0 aromatic carbocycles. The summed E-state index contributed by atoms with van der Waals surface area (Å²) in [6.07, 6.45) is 4.19. The van der Waals surface area contributed by atoms with Crippen molar-refractivity contribution in [3.8, 4) is 0 Å². The van der Waals surface area contributed by atoms with E-state index in [0.29, 0.717) is 18.2 Å². The monoisotopic (exact) mass is 321 g/mol. The third kappa shape index (κ3) is 5.72. The molecule has 1 aromatic rings. The first-order valence-corrected chi connectivity index (χ1v) is 7.82. The van der Waals surface area contributed by atoms with Gasteiger partial charge < -0.3 is 21.1 Å². The van der Waals surface area contributed by atoms with Gasteiger partial charge in [-0.25, -0.2) is 0 Å². The SMILES string of the molecule is NC(=O)COC(=O)CCCC1CCN(c2ccc(N)nn2)CC1. The molecule has 2 heterocycles. The molecular weight excluding hydrogens is 298 g/mol. The van der Waals surface area contributed by atoms with Gasteiger partial charge in [0.05, 0.1) is 0 Å². The summed E-state index contributed by atoms with van der Waals surface area (Å²) >= 11 is 0. The standard InChI is InChI=1S/C15H23N5O3/c16-12-4-5-14(19-18-12)20-8-6-11(7-9-20)2-1-3-15(22)23-10-13(17)21/h4-5,11H,1-3,6-10H2,(H2,16,18)(H2,17,21). The van der Waals surface area contributed by atoms with Gasteiger partial charge in [-0.2, -0.15) is 0 Å². The Morgan fingerprint density at radius 2 is 2.00 bits per heavy atom. The van der Waals surface area contributed by atoms with Gasteiger partial charge in [-0.15, -0.1) is 10.2 Å². The van der Waals surface area contributed by atoms with Crippen molar-refractivity contribution in [1.29, 1.82) is 0 Å². The minimum Gasteiger partial charge on any atom is -0.456 e. The molecular formula is C15H23N5O3. The van der Waals surface area contributed by atoms with Gasteiger partial charge in [0.25, 0.3) is 5.91 Å². The highest BCUT2D eigenvalue weighted by atomic mass is 16.5. The van der Waals surface area contributed by atoms with E-state index in [0.717, 1.165) is 44.6 Å². The third-order valence-electron chi connectivity index (χ3n) is 3.98. The summed E-state index contributed by atoms with van der Waals surface area (Å²) in [6, 6.07) is 3.64. The summed E-state index contributed by atoms with van der Waals surface area (Å²) in [6.45, 7) is 1.52. The van der Waals surface area contributed by atoms with Crippen molar-refractivity contribution >= 4 is 23.5 Å². The molecule has 23 heavy (non-hydrogen) atoms. The van der Waals surface area contributed by atoms with Crippen molar-refractivity contribution < 1.29 is 14.3 Å². The van der Waals surface area contributed by atoms with Crippen LogP contribution in [0.1, 0.15) is 32.1 Å². The number of hydrogen-bond acceptors (Lipinski definition) is 7. The Morgan fingerprint density at radius 1 is 1.26 bits per heavy atom. The van der Waals surface area contributed by atoms with Crippen molar-refractivity contribution in [3.05, 3.63) is 12.1 Å². The maximum Gasteiger partial charge on any atom is 0.306 e. The number of ether oxygens (including phenoxy) is 1. The van der Waals surface area contributed by atoms with E-state index < -0.39 is 5.91 Å². The summed E-state index contributed by atoms with van der Waals surface area (Å²) in [7, 11) is 0. The van der Waals surface area contributed by atoms with Crippen LogP contribution >= 0.6 is 0 Å². The van der Waals surface area contributed by atoms with Crippen molar-refractivity contribution in [2.75, 3.05) is 30.3 Å². The number of anilines is 2. The maximum absolute atomic E-state index is 11.4. The van der Waals surface area contributed by atoms with Crippen molar-refractivity contribution in [3.63, 3.8) is 0 Å². The Morgan fingerprint density at radius 3 is 2.61 bits per heavy atom. The molecule has 4 N–H and O–H groups in total. The zero-order chi connectivity index (χ0) is 16.7. The van der Waals surface area contributed by atoms with Crippen LogP contribution in [0.5, 0.6) is 0 Å². The van der Waals surface area contributed by atoms with Gasteiger partial charge in [0, 0.05) is 19.5 Å². The fourth-order valence-electron chi connectivity index (χ4n) is 2.71. The molecule has 1 aliphatic rings. The van der Waals surface area contributed by atoms with E-state index in [1.165, 1.54) is 0 Å². The molecule has 2 rings (SSSR count). The smallest absolute Gasteiger partial charge is 0.306 e. The number of nitrogens with two attached hydrogens (primary N) is 2. The lowest BCUT2D eigenvalue weighted by Gasteiger charge is -2.32. The Balaban J connectivity index is 1.64. The molecule has 0 unspecified atom stereocenters. The number of aromatic nitrogens is 2. The summed E-state index contributed by atoms with van der Waals surface area (Å²) in [4.78, 5) is 24.1.